The first-order valence-electron chi connectivity index (χ1n) is 5.89. The molecule has 0 radical (unpaired) electrons. The Balaban J connectivity index is 2.59. The average Bonchev–Trinajstić information content (AvgIpc) is 2.59. The minimum Gasteiger partial charge on any atom is -0.236 e. The molecule has 0 fully saturated rings. The van der Waals surface area contributed by atoms with Gasteiger partial charge in [0.15, 0.2) is 67.4 Å². The first-order valence-corrected chi connectivity index (χ1v) is 7.46. The number of allylic oxidation sites excluding steroid dienone is 6. The summed E-state index contributed by atoms with van der Waals surface area (Å²) in [5.41, 5.74) is 0. The summed E-state index contributed by atoms with van der Waals surface area (Å²) in [4.78, 5) is 0. The van der Waals surface area contributed by atoms with Crippen molar-refractivity contribution in [3.8, 4) is 0 Å². The predicted molar refractivity (Wildman–Crippen MR) is 71.5 cm³/mol. The molecule has 4 unspecified atom stereocenters. The van der Waals surface area contributed by atoms with Gasteiger partial charge in [-0.2, -0.15) is 0 Å². The summed E-state index contributed by atoms with van der Waals surface area (Å²) in [5.74, 6) is -20.8. The van der Waals surface area contributed by atoms with Crippen LogP contribution in [0.15, 0.2) is 46.6 Å². The summed E-state index contributed by atoms with van der Waals surface area (Å²) in [5, 5.41) is 0. The van der Waals surface area contributed by atoms with Gasteiger partial charge in [-0.05, 0) is 0 Å². The number of thioether (sulfide) groups is 1. The molecule has 0 spiro atoms. The molecular weight excluding hydrogens is 437 g/mol. The van der Waals surface area contributed by atoms with Crippen molar-refractivity contribution >= 4 is 35.0 Å². The third-order valence-corrected chi connectivity index (χ3v) is 5.73. The van der Waals surface area contributed by atoms with E-state index < -0.39 is 79.1 Å². The lowest BCUT2D eigenvalue weighted by Gasteiger charge is -2.39. The zero-order valence-corrected chi connectivity index (χ0v) is 13.4. The number of alkyl halides is 4. The molecule has 140 valence electrons. The van der Waals surface area contributed by atoms with Crippen LogP contribution in [0.4, 0.5) is 43.9 Å². The third-order valence-electron chi connectivity index (χ3n) is 3.18. The Bertz CT molecular complexity index is 697. The van der Waals surface area contributed by atoms with Crippen LogP contribution in [-0.2, 0) is 0 Å². The molecule has 0 aliphatic heterocycles. The molecule has 0 heterocycles. The fourth-order valence-electron chi connectivity index (χ4n) is 1.88. The van der Waals surface area contributed by atoms with Gasteiger partial charge in [-0.15, -0.1) is 0 Å². The van der Waals surface area contributed by atoms with Crippen molar-refractivity contribution in [2.24, 2.45) is 0 Å². The van der Waals surface area contributed by atoms with Crippen LogP contribution in [0.25, 0.3) is 0 Å². The lowest BCUT2D eigenvalue weighted by atomic mass is 10.1. The minimum absolute atomic E-state index is 1.05. The lowest BCUT2D eigenvalue weighted by Crippen LogP contribution is -2.45. The Kier molecular flexibility index (Phi) is 5.26. The number of rotatable bonds is 2. The van der Waals surface area contributed by atoms with E-state index in [0.717, 1.165) is 0 Å². The summed E-state index contributed by atoms with van der Waals surface area (Å²) in [6.07, 6.45) is -7.17. The van der Waals surface area contributed by atoms with Crippen molar-refractivity contribution in [2.45, 2.75) is 20.8 Å². The van der Waals surface area contributed by atoms with Gasteiger partial charge in [0, 0.05) is 0 Å². The topological polar surface area (TPSA) is 0 Å². The van der Waals surface area contributed by atoms with Crippen molar-refractivity contribution in [3.05, 3.63) is 46.6 Å². The second-order valence-electron chi connectivity index (χ2n) is 4.70. The van der Waals surface area contributed by atoms with Gasteiger partial charge in [-0.25, -0.2) is 43.9 Å². The first-order chi connectivity index (χ1) is 11.3. The Morgan fingerprint density at radius 1 is 0.600 bits per heavy atom. The van der Waals surface area contributed by atoms with Crippen LogP contribution in [0.2, 0.25) is 0 Å². The largest absolute Gasteiger partial charge is 0.236 e. The highest BCUT2D eigenvalue weighted by atomic mass is 35.5. The quantitative estimate of drug-likeness (QED) is 0.334. The van der Waals surface area contributed by atoms with Crippen LogP contribution in [0.5, 0.6) is 0 Å². The highest BCUT2D eigenvalue weighted by Crippen LogP contribution is 2.62. The van der Waals surface area contributed by atoms with Gasteiger partial charge in [0.1, 0.15) is 0 Å². The highest BCUT2D eigenvalue weighted by Gasteiger charge is 2.62. The molecule has 13 heteroatoms. The van der Waals surface area contributed by atoms with E-state index in [1.165, 1.54) is 0 Å². The van der Waals surface area contributed by atoms with E-state index in [2.05, 4.69) is 0 Å². The summed E-state index contributed by atoms with van der Waals surface area (Å²) in [6, 6.07) is 0. The van der Waals surface area contributed by atoms with Crippen molar-refractivity contribution in [1.82, 2.24) is 0 Å². The summed E-state index contributed by atoms with van der Waals surface area (Å²) >= 11 is 9.54. The Hall–Kier alpha value is -0.810. The van der Waals surface area contributed by atoms with Gasteiger partial charge in [0.05, 0.1) is 0 Å². The second-order valence-corrected chi connectivity index (χ2v) is 7.83. The van der Waals surface area contributed by atoms with Gasteiger partial charge >= 0.3 is 0 Å². The Labute approximate surface area is 146 Å². The molecule has 0 saturated carbocycles. The van der Waals surface area contributed by atoms with E-state index >= 15 is 0 Å². The van der Waals surface area contributed by atoms with Gasteiger partial charge in [0.2, 0.25) is 0 Å². The maximum absolute atomic E-state index is 13.9. The lowest BCUT2D eigenvalue weighted by molar-refractivity contribution is 0.252. The Morgan fingerprint density at radius 2 is 0.880 bits per heavy atom. The zero-order chi connectivity index (χ0) is 19.5. The molecule has 2 rings (SSSR count). The van der Waals surface area contributed by atoms with E-state index in [-0.39, 0.29) is 0 Å². The van der Waals surface area contributed by atoms with Gasteiger partial charge in [0.25, 0.3) is 0 Å². The van der Waals surface area contributed by atoms with Crippen LogP contribution < -0.4 is 0 Å². The predicted octanol–water partition coefficient (Wildman–Crippen LogP) is 6.90. The molecule has 0 amide bonds. The second kappa shape index (κ2) is 6.41. The van der Waals surface area contributed by atoms with Gasteiger partial charge in [-0.3, -0.25) is 0 Å². The molecule has 0 nitrogen and oxygen atoms in total. The molecule has 0 N–H and O–H groups in total. The first kappa shape index (κ1) is 20.5. The number of hydrogen-bond donors (Lipinski definition) is 0. The number of halogens is 12. The maximum atomic E-state index is 13.9. The van der Waals surface area contributed by atoms with E-state index in [1.54, 1.807) is 0 Å². The SMILES string of the molecule is FC1=C(F)C(F)C(Cl)(SC2(Cl)C(F)=C(F)C(F)=C(F)C2F)C(F)=C1F. The van der Waals surface area contributed by atoms with Crippen molar-refractivity contribution in [1.29, 1.82) is 0 Å². The minimum atomic E-state index is -3.78. The van der Waals surface area contributed by atoms with E-state index in [0.29, 0.717) is 0 Å². The summed E-state index contributed by atoms with van der Waals surface area (Å²) in [7, 11) is 0. The smallest absolute Gasteiger partial charge is 0.196 e. The molecule has 0 aromatic carbocycles. The van der Waals surface area contributed by atoms with Crippen molar-refractivity contribution in [2.75, 3.05) is 0 Å². The zero-order valence-electron chi connectivity index (χ0n) is 11.1. The molecule has 0 aromatic heterocycles. The van der Waals surface area contributed by atoms with E-state index in [1.807, 2.05) is 0 Å². The summed E-state index contributed by atoms with van der Waals surface area (Å²) < 4.78 is 127. The van der Waals surface area contributed by atoms with Crippen LogP contribution in [0, 0.1) is 0 Å². The molecule has 0 aromatic rings. The molecule has 25 heavy (non-hydrogen) atoms. The monoisotopic (exact) mass is 438 g/mol. The molecule has 0 saturated heterocycles. The molecule has 2 aliphatic carbocycles. The fourth-order valence-corrected chi connectivity index (χ4v) is 4.29. The standard InChI is InChI=1S/C12H2Cl2F10S/c13-11(7(21)3(17)1(15)4(18)8(11)22)25-12(14)9(23)5(19)2(16)6(20)10(12)24/h7,9H. The fraction of sp³-hybridized carbons (Fsp3) is 0.333. The normalized spacial score (nSPS) is 37.4. The molecular formula is C12H2Cl2F10S. The van der Waals surface area contributed by atoms with Crippen molar-refractivity contribution < 1.29 is 43.9 Å². The maximum Gasteiger partial charge on any atom is 0.196 e. The molecule has 0 bridgehead atoms. The average molecular weight is 439 g/mol. The molecule has 2 aliphatic rings. The van der Waals surface area contributed by atoms with Crippen molar-refractivity contribution in [3.63, 3.8) is 0 Å². The third kappa shape index (κ3) is 2.78. The number of hydrogen-bond acceptors (Lipinski definition) is 1. The Morgan fingerprint density at radius 3 is 1.16 bits per heavy atom. The summed E-state index contributed by atoms with van der Waals surface area (Å²) in [6.45, 7) is 0. The van der Waals surface area contributed by atoms with E-state index in [9.17, 15) is 43.9 Å². The molecule has 4 atom stereocenters. The van der Waals surface area contributed by atoms with Crippen LogP contribution >= 0.6 is 35.0 Å². The van der Waals surface area contributed by atoms with Crippen LogP contribution in [-0.4, -0.2) is 20.8 Å². The highest BCUT2D eigenvalue weighted by molar-refractivity contribution is 8.05. The van der Waals surface area contributed by atoms with Crippen LogP contribution in [0.1, 0.15) is 0 Å². The van der Waals surface area contributed by atoms with Gasteiger partial charge in [-0.1, -0.05) is 35.0 Å². The van der Waals surface area contributed by atoms with Gasteiger partial charge < -0.3 is 0 Å². The van der Waals surface area contributed by atoms with Crippen LogP contribution in [0.3, 0.4) is 0 Å². The van der Waals surface area contributed by atoms with E-state index in [4.69, 9.17) is 23.2 Å².